The third-order valence-electron chi connectivity index (χ3n) is 5.68. The maximum absolute atomic E-state index is 14.4. The van der Waals surface area contributed by atoms with E-state index in [1.807, 2.05) is 60.7 Å². The monoisotopic (exact) mass is 477 g/mol. The molecule has 1 amide bonds. The fourth-order valence-corrected chi connectivity index (χ4v) is 5.64. The van der Waals surface area contributed by atoms with Crippen molar-refractivity contribution in [2.45, 2.75) is 26.0 Å². The Kier molecular flexibility index (Phi) is 7.15. The Labute approximate surface area is 200 Å². The number of hydrogen-bond donors (Lipinski definition) is 0. The van der Waals surface area contributed by atoms with E-state index >= 15 is 0 Å². The summed E-state index contributed by atoms with van der Waals surface area (Å²) in [7, 11) is -4.12. The maximum Gasteiger partial charge on any atom is 0.476 e. The first kappa shape index (κ1) is 24.1. The van der Waals surface area contributed by atoms with Crippen LogP contribution in [0.5, 0.6) is 0 Å². The van der Waals surface area contributed by atoms with E-state index < -0.39 is 19.3 Å². The van der Waals surface area contributed by atoms with Gasteiger partial charge >= 0.3 is 7.82 Å². The first-order chi connectivity index (χ1) is 16.4. The molecule has 0 radical (unpaired) electrons. The van der Waals surface area contributed by atoms with Crippen LogP contribution in [0.15, 0.2) is 91.5 Å². The van der Waals surface area contributed by atoms with Gasteiger partial charge in [-0.25, -0.2) is 4.57 Å². The Morgan fingerprint density at radius 1 is 0.853 bits per heavy atom. The number of phosphoric ester groups is 1. The van der Waals surface area contributed by atoms with E-state index in [0.29, 0.717) is 23.4 Å². The van der Waals surface area contributed by atoms with E-state index in [1.54, 1.807) is 43.0 Å². The largest absolute Gasteiger partial charge is 0.476 e. The number of para-hydroxylation sites is 1. The van der Waals surface area contributed by atoms with Crippen LogP contribution in [0, 0.1) is 0 Å². The average molecular weight is 477 g/mol. The molecule has 0 aromatic heterocycles. The molecule has 0 N–H and O–H groups in total. The van der Waals surface area contributed by atoms with Gasteiger partial charge in [0.1, 0.15) is 0 Å². The number of phosphoric acid groups is 1. The molecule has 176 valence electrons. The molecular weight excluding hydrogens is 449 g/mol. The molecule has 1 heterocycles. The highest BCUT2D eigenvalue weighted by molar-refractivity contribution is 7.48. The number of hydrogen-bond acceptors (Lipinski definition) is 5. The third kappa shape index (κ3) is 4.38. The summed E-state index contributed by atoms with van der Waals surface area (Å²) in [6, 6.07) is 26.2. The Bertz CT molecular complexity index is 1200. The molecule has 0 saturated carbocycles. The van der Waals surface area contributed by atoms with Crippen molar-refractivity contribution in [2.75, 3.05) is 18.1 Å². The zero-order valence-electron chi connectivity index (χ0n) is 19.3. The van der Waals surface area contributed by atoms with Crippen molar-refractivity contribution >= 4 is 25.0 Å². The van der Waals surface area contributed by atoms with E-state index in [2.05, 4.69) is 6.58 Å². The van der Waals surface area contributed by atoms with E-state index in [4.69, 9.17) is 13.6 Å². The molecule has 1 unspecified atom stereocenters. The van der Waals surface area contributed by atoms with Crippen molar-refractivity contribution < 1.29 is 22.9 Å². The smallest absolute Gasteiger partial charge is 0.304 e. The highest BCUT2D eigenvalue weighted by Crippen LogP contribution is 2.60. The molecule has 1 atom stereocenters. The Morgan fingerprint density at radius 3 is 2.03 bits per heavy atom. The van der Waals surface area contributed by atoms with E-state index in [0.717, 1.165) is 11.1 Å². The van der Waals surface area contributed by atoms with Gasteiger partial charge in [-0.05, 0) is 31.0 Å². The van der Waals surface area contributed by atoms with Gasteiger partial charge in [-0.2, -0.15) is 0 Å². The highest BCUT2D eigenvalue weighted by Gasteiger charge is 2.56. The number of anilines is 1. The highest BCUT2D eigenvalue weighted by atomic mass is 31.2. The van der Waals surface area contributed by atoms with Crippen LogP contribution >= 0.6 is 7.82 Å². The quantitative estimate of drug-likeness (QED) is 0.337. The van der Waals surface area contributed by atoms with Gasteiger partial charge in [-0.1, -0.05) is 85.4 Å². The molecule has 34 heavy (non-hydrogen) atoms. The normalized spacial score (nSPS) is 18.1. The first-order valence-corrected chi connectivity index (χ1v) is 12.7. The molecule has 0 saturated heterocycles. The molecule has 4 rings (SSSR count). The second-order valence-electron chi connectivity index (χ2n) is 7.79. The number of amides is 1. The standard InChI is InChI=1S/C27H28NO5P/c1-4-31-34(30,32-5-2)33-27(23-16-10-7-11-17-23)21(3)24-18-12-13-19-25(24)28(26(27)29)20-22-14-8-6-9-15-22/h6-19H,3-5,20H2,1-2H3. The van der Waals surface area contributed by atoms with Crippen LogP contribution in [0.4, 0.5) is 5.69 Å². The molecule has 3 aromatic carbocycles. The minimum Gasteiger partial charge on any atom is -0.304 e. The predicted octanol–water partition coefficient (Wildman–Crippen LogP) is 6.34. The lowest BCUT2D eigenvalue weighted by molar-refractivity contribution is -0.132. The summed E-state index contributed by atoms with van der Waals surface area (Å²) < 4.78 is 30.8. The molecule has 7 heteroatoms. The number of rotatable bonds is 9. The Hall–Kier alpha value is -3.02. The molecule has 6 nitrogen and oxygen atoms in total. The minimum absolute atomic E-state index is 0.0904. The van der Waals surface area contributed by atoms with Gasteiger partial charge < -0.3 is 4.90 Å². The zero-order chi connectivity index (χ0) is 24.2. The van der Waals surface area contributed by atoms with Crippen molar-refractivity contribution in [3.63, 3.8) is 0 Å². The molecule has 1 aliphatic heterocycles. The van der Waals surface area contributed by atoms with Gasteiger partial charge in [0.05, 0.1) is 25.4 Å². The number of benzene rings is 3. The van der Waals surface area contributed by atoms with Crippen molar-refractivity contribution in [2.24, 2.45) is 0 Å². The van der Waals surface area contributed by atoms with Crippen LogP contribution in [0.3, 0.4) is 0 Å². The number of carbonyl (C=O) groups is 1. The summed E-state index contributed by atoms with van der Waals surface area (Å²) in [6.45, 7) is 8.15. The van der Waals surface area contributed by atoms with Crippen molar-refractivity contribution in [1.29, 1.82) is 0 Å². The van der Waals surface area contributed by atoms with E-state index in [-0.39, 0.29) is 13.2 Å². The summed E-state index contributed by atoms with van der Waals surface area (Å²) in [5.74, 6) is -0.411. The second kappa shape index (κ2) is 10.1. The lowest BCUT2D eigenvalue weighted by atomic mass is 9.78. The van der Waals surface area contributed by atoms with E-state index in [1.165, 1.54) is 0 Å². The van der Waals surface area contributed by atoms with Crippen LogP contribution in [0.1, 0.15) is 30.5 Å². The lowest BCUT2D eigenvalue weighted by Crippen LogP contribution is -2.52. The minimum atomic E-state index is -4.12. The van der Waals surface area contributed by atoms with Crippen LogP contribution in [0.25, 0.3) is 5.57 Å². The summed E-state index contributed by atoms with van der Waals surface area (Å²) in [5.41, 5.74) is 1.45. The fourth-order valence-electron chi connectivity index (χ4n) is 4.20. The molecule has 0 aliphatic carbocycles. The SMILES string of the molecule is C=C1c2ccccc2N(Cc2ccccc2)C(=O)C1(OP(=O)(OCC)OCC)c1ccccc1. The van der Waals surface area contributed by atoms with Gasteiger partial charge in [0.2, 0.25) is 5.60 Å². The van der Waals surface area contributed by atoms with Crippen molar-refractivity contribution in [3.8, 4) is 0 Å². The molecule has 1 aliphatic rings. The maximum atomic E-state index is 14.4. The van der Waals surface area contributed by atoms with Gasteiger partial charge in [-0.15, -0.1) is 0 Å². The van der Waals surface area contributed by atoms with E-state index in [9.17, 15) is 9.36 Å². The second-order valence-corrected chi connectivity index (χ2v) is 9.39. The first-order valence-electron chi connectivity index (χ1n) is 11.2. The summed E-state index contributed by atoms with van der Waals surface area (Å²) in [4.78, 5) is 16.1. The molecule has 3 aromatic rings. The van der Waals surface area contributed by atoms with Crippen molar-refractivity contribution in [1.82, 2.24) is 0 Å². The number of nitrogens with zero attached hydrogens (tertiary/aromatic N) is 1. The Balaban J connectivity index is 1.94. The summed E-state index contributed by atoms with van der Waals surface area (Å²) in [6.07, 6.45) is 0. The summed E-state index contributed by atoms with van der Waals surface area (Å²) >= 11 is 0. The van der Waals surface area contributed by atoms with Crippen LogP contribution in [0.2, 0.25) is 0 Å². The molecule has 0 spiro atoms. The number of fused-ring (bicyclic) bond motifs is 1. The number of carbonyl (C=O) groups excluding carboxylic acids is 1. The third-order valence-corrected chi connectivity index (χ3v) is 7.32. The topological polar surface area (TPSA) is 65.1 Å². The average Bonchev–Trinajstić information content (AvgIpc) is 2.86. The molecule has 0 fully saturated rings. The fraction of sp³-hybridized carbons (Fsp3) is 0.222. The zero-order valence-corrected chi connectivity index (χ0v) is 20.2. The lowest BCUT2D eigenvalue weighted by Gasteiger charge is -2.44. The van der Waals surface area contributed by atoms with Crippen molar-refractivity contribution in [3.05, 3.63) is 108 Å². The molecule has 0 bridgehead atoms. The predicted molar refractivity (Wildman–Crippen MR) is 133 cm³/mol. The van der Waals surface area contributed by atoms with Crippen LogP contribution in [-0.4, -0.2) is 19.1 Å². The molecular formula is C27H28NO5P. The Morgan fingerprint density at radius 2 is 1.41 bits per heavy atom. The summed E-state index contributed by atoms with van der Waals surface area (Å²) in [5, 5.41) is 0. The van der Waals surface area contributed by atoms with Gasteiger partial charge in [0, 0.05) is 11.1 Å². The van der Waals surface area contributed by atoms with Gasteiger partial charge in [0.15, 0.2) is 0 Å². The van der Waals surface area contributed by atoms with Crippen LogP contribution < -0.4 is 4.90 Å². The van der Waals surface area contributed by atoms with Gasteiger partial charge in [0.25, 0.3) is 5.91 Å². The van der Waals surface area contributed by atoms with Gasteiger partial charge in [-0.3, -0.25) is 18.4 Å². The van der Waals surface area contributed by atoms with Crippen LogP contribution in [-0.2, 0) is 35.1 Å².